The number of carbonyl (C=O) groups is 1. The molecular weight excluding hydrogens is 186 g/mol. The lowest BCUT2D eigenvalue weighted by Crippen LogP contribution is -2.32. The van der Waals surface area contributed by atoms with E-state index in [0.29, 0.717) is 13.0 Å². The zero-order valence-electron chi connectivity index (χ0n) is 7.97. The summed E-state index contributed by atoms with van der Waals surface area (Å²) in [6.45, 7) is 2.04. The maximum Gasteiger partial charge on any atom is 0.356 e. The van der Waals surface area contributed by atoms with Crippen LogP contribution in [0.5, 0.6) is 0 Å². The van der Waals surface area contributed by atoms with Crippen LogP contribution < -0.4 is 0 Å². The summed E-state index contributed by atoms with van der Waals surface area (Å²) in [7, 11) is 0. The van der Waals surface area contributed by atoms with Gasteiger partial charge in [-0.05, 0) is 19.8 Å². The van der Waals surface area contributed by atoms with Crippen molar-refractivity contribution in [3.63, 3.8) is 0 Å². The van der Waals surface area contributed by atoms with E-state index in [4.69, 9.17) is 9.57 Å². The summed E-state index contributed by atoms with van der Waals surface area (Å²) >= 11 is 0. The van der Waals surface area contributed by atoms with Crippen LogP contribution in [0.4, 0.5) is 0 Å². The van der Waals surface area contributed by atoms with E-state index in [1.807, 2.05) is 0 Å². The molecule has 5 nitrogen and oxygen atoms in total. The lowest BCUT2D eigenvalue weighted by Gasteiger charge is -2.11. The highest BCUT2D eigenvalue weighted by molar-refractivity contribution is 6.37. The number of ether oxygens (including phenoxy) is 1. The molecular formula is C9H13NO4. The highest BCUT2D eigenvalue weighted by Crippen LogP contribution is 2.34. The summed E-state index contributed by atoms with van der Waals surface area (Å²) in [5.41, 5.74) is 0.238. The molecule has 5 heteroatoms. The maximum absolute atomic E-state index is 11.4. The first-order chi connectivity index (χ1) is 6.74. The molecule has 0 bridgehead atoms. The Morgan fingerprint density at radius 3 is 3.21 bits per heavy atom. The second-order valence-electron chi connectivity index (χ2n) is 3.51. The van der Waals surface area contributed by atoms with E-state index < -0.39 is 12.1 Å². The first-order valence-electron chi connectivity index (χ1n) is 4.83. The molecule has 0 aromatic carbocycles. The van der Waals surface area contributed by atoms with Gasteiger partial charge >= 0.3 is 5.97 Å². The molecule has 2 aliphatic rings. The van der Waals surface area contributed by atoms with Crippen LogP contribution >= 0.6 is 0 Å². The van der Waals surface area contributed by atoms with Gasteiger partial charge in [0, 0.05) is 0 Å². The minimum absolute atomic E-state index is 0.135. The number of rotatable bonds is 2. The summed E-state index contributed by atoms with van der Waals surface area (Å²) in [4.78, 5) is 16.4. The van der Waals surface area contributed by atoms with Crippen molar-refractivity contribution in [1.82, 2.24) is 0 Å². The summed E-state index contributed by atoms with van der Waals surface area (Å²) < 4.78 is 4.82. The Kier molecular flexibility index (Phi) is 2.41. The third-order valence-electron chi connectivity index (χ3n) is 2.65. The highest BCUT2D eigenvalue weighted by Gasteiger charge is 2.47. The van der Waals surface area contributed by atoms with Crippen LogP contribution in [0.1, 0.15) is 19.8 Å². The molecule has 2 rings (SSSR count). The molecule has 1 N–H and O–H groups in total. The Labute approximate surface area is 81.7 Å². The standard InChI is InChI=1S/C9H13NO4/c1-2-13-9(12)8-7-5(11)3-4-6(7)14-10-8/h5-7,11H,2-4H2,1H3/t5-,6+,7-/m1/s1. The molecule has 0 radical (unpaired) electrons. The molecule has 14 heavy (non-hydrogen) atoms. The largest absolute Gasteiger partial charge is 0.461 e. The monoisotopic (exact) mass is 199 g/mol. The Morgan fingerprint density at radius 1 is 1.71 bits per heavy atom. The fraction of sp³-hybridized carbons (Fsp3) is 0.778. The van der Waals surface area contributed by atoms with Crippen molar-refractivity contribution in [2.75, 3.05) is 6.61 Å². The Morgan fingerprint density at radius 2 is 2.50 bits per heavy atom. The van der Waals surface area contributed by atoms with E-state index in [9.17, 15) is 9.90 Å². The van der Waals surface area contributed by atoms with Crippen molar-refractivity contribution in [3.8, 4) is 0 Å². The molecule has 0 unspecified atom stereocenters. The SMILES string of the molecule is CCOC(=O)C1=NO[C@H]2CC[C@@H](O)[C@@H]12. The normalized spacial score (nSPS) is 34.7. The number of hydrogen-bond donors (Lipinski definition) is 1. The molecule has 1 heterocycles. The summed E-state index contributed by atoms with van der Waals surface area (Å²) in [6.07, 6.45) is 0.751. The van der Waals surface area contributed by atoms with Crippen molar-refractivity contribution >= 4 is 11.7 Å². The van der Waals surface area contributed by atoms with Crippen LogP contribution in [0, 0.1) is 5.92 Å². The Balaban J connectivity index is 2.09. The fourth-order valence-electron chi connectivity index (χ4n) is 1.98. The van der Waals surface area contributed by atoms with E-state index in [-0.39, 0.29) is 17.7 Å². The number of aliphatic hydroxyl groups excluding tert-OH is 1. The number of hydrogen-bond acceptors (Lipinski definition) is 5. The molecule has 3 atom stereocenters. The second kappa shape index (κ2) is 3.57. The minimum atomic E-state index is -0.523. The van der Waals surface area contributed by atoms with E-state index in [1.165, 1.54) is 0 Å². The van der Waals surface area contributed by atoms with Crippen LogP contribution in [0.3, 0.4) is 0 Å². The molecule has 0 amide bonds. The van der Waals surface area contributed by atoms with Gasteiger partial charge in [-0.1, -0.05) is 5.16 Å². The molecule has 1 fully saturated rings. The number of carbonyl (C=O) groups excluding carboxylic acids is 1. The summed E-state index contributed by atoms with van der Waals surface area (Å²) in [5, 5.41) is 13.3. The van der Waals surface area contributed by atoms with Crippen LogP contribution in [0.2, 0.25) is 0 Å². The van der Waals surface area contributed by atoms with Gasteiger partial charge in [0.05, 0.1) is 18.6 Å². The van der Waals surface area contributed by atoms with Crippen LogP contribution in [-0.2, 0) is 14.4 Å². The van der Waals surface area contributed by atoms with Crippen LogP contribution in [-0.4, -0.2) is 35.6 Å². The van der Waals surface area contributed by atoms with Gasteiger partial charge in [-0.25, -0.2) is 4.79 Å². The van der Waals surface area contributed by atoms with E-state index in [0.717, 1.165) is 6.42 Å². The lowest BCUT2D eigenvalue weighted by molar-refractivity contribution is -0.135. The predicted molar refractivity (Wildman–Crippen MR) is 47.7 cm³/mol. The first kappa shape index (κ1) is 9.45. The van der Waals surface area contributed by atoms with Crippen molar-refractivity contribution in [3.05, 3.63) is 0 Å². The first-order valence-corrected chi connectivity index (χ1v) is 4.83. The van der Waals surface area contributed by atoms with Gasteiger partial charge in [0.15, 0.2) is 5.71 Å². The van der Waals surface area contributed by atoms with Crippen LogP contribution in [0.15, 0.2) is 5.16 Å². The van der Waals surface area contributed by atoms with Crippen molar-refractivity contribution in [2.24, 2.45) is 11.1 Å². The minimum Gasteiger partial charge on any atom is -0.461 e. The van der Waals surface area contributed by atoms with Crippen LogP contribution in [0.25, 0.3) is 0 Å². The van der Waals surface area contributed by atoms with Gasteiger partial charge in [-0.15, -0.1) is 0 Å². The molecule has 0 spiro atoms. The van der Waals surface area contributed by atoms with E-state index in [1.54, 1.807) is 6.92 Å². The van der Waals surface area contributed by atoms with Gasteiger partial charge < -0.3 is 14.7 Å². The number of esters is 1. The van der Waals surface area contributed by atoms with E-state index in [2.05, 4.69) is 5.16 Å². The predicted octanol–water partition coefficient (Wildman–Crippen LogP) is 0.0752. The fourth-order valence-corrected chi connectivity index (χ4v) is 1.98. The zero-order valence-corrected chi connectivity index (χ0v) is 7.97. The molecule has 0 aromatic rings. The molecule has 0 aromatic heterocycles. The van der Waals surface area contributed by atoms with Gasteiger partial charge in [-0.2, -0.15) is 0 Å². The summed E-state index contributed by atoms with van der Waals surface area (Å²) in [5.74, 6) is -0.755. The average Bonchev–Trinajstić information content (AvgIpc) is 2.70. The van der Waals surface area contributed by atoms with E-state index >= 15 is 0 Å². The smallest absolute Gasteiger partial charge is 0.356 e. The molecule has 0 saturated heterocycles. The second-order valence-corrected chi connectivity index (χ2v) is 3.51. The van der Waals surface area contributed by atoms with Crippen molar-refractivity contribution in [1.29, 1.82) is 0 Å². The lowest BCUT2D eigenvalue weighted by atomic mass is 9.98. The van der Waals surface area contributed by atoms with Crippen molar-refractivity contribution in [2.45, 2.75) is 32.0 Å². The number of fused-ring (bicyclic) bond motifs is 1. The van der Waals surface area contributed by atoms with Crippen molar-refractivity contribution < 1.29 is 19.5 Å². The third-order valence-corrected chi connectivity index (χ3v) is 2.65. The summed E-state index contributed by atoms with van der Waals surface area (Å²) in [6, 6.07) is 0. The third kappa shape index (κ3) is 1.37. The molecule has 1 aliphatic carbocycles. The topological polar surface area (TPSA) is 68.1 Å². The highest BCUT2D eigenvalue weighted by atomic mass is 16.6. The number of oxime groups is 1. The number of nitrogens with zero attached hydrogens (tertiary/aromatic N) is 1. The maximum atomic E-state index is 11.4. The van der Waals surface area contributed by atoms with Gasteiger partial charge in [0.2, 0.25) is 0 Å². The molecule has 1 saturated carbocycles. The van der Waals surface area contributed by atoms with Gasteiger partial charge in [0.1, 0.15) is 6.10 Å². The van der Waals surface area contributed by atoms with Gasteiger partial charge in [-0.3, -0.25) is 0 Å². The zero-order chi connectivity index (χ0) is 10.1. The van der Waals surface area contributed by atoms with Gasteiger partial charge in [0.25, 0.3) is 0 Å². The molecule has 1 aliphatic heterocycles. The average molecular weight is 199 g/mol. The Hall–Kier alpha value is -1.10. The number of aliphatic hydroxyl groups is 1. The quantitative estimate of drug-likeness (QED) is 0.639. The molecule has 78 valence electrons. The Bertz CT molecular complexity index is 276.